The first-order valence-electron chi connectivity index (χ1n) is 13.9. The van der Waals surface area contributed by atoms with Gasteiger partial charge in [-0.05, 0) is 69.8 Å². The topological polar surface area (TPSA) is 43.4 Å². The molecule has 37 heavy (non-hydrogen) atoms. The van der Waals surface area contributed by atoms with E-state index in [2.05, 4.69) is 18.0 Å². The van der Waals surface area contributed by atoms with Gasteiger partial charge in [-0.15, -0.1) is 0 Å². The largest absolute Gasteiger partial charge is 0.493 e. The fourth-order valence-electron chi connectivity index (χ4n) is 5.11. The smallest absolute Gasteiger partial charge is 0.149 e. The zero-order valence-corrected chi connectivity index (χ0v) is 22.9. The Labute approximate surface area is 221 Å². The average Bonchev–Trinajstić information content (AvgIpc) is 3.58. The molecule has 2 fully saturated rings. The molecule has 2 aromatic rings. The van der Waals surface area contributed by atoms with Gasteiger partial charge in [0.1, 0.15) is 41.4 Å². The van der Waals surface area contributed by atoms with E-state index in [1.165, 1.54) is 5.56 Å². The van der Waals surface area contributed by atoms with E-state index in [4.69, 9.17) is 18.9 Å². The van der Waals surface area contributed by atoms with E-state index in [1.54, 1.807) is 0 Å². The number of rotatable bonds is 4. The van der Waals surface area contributed by atoms with Crippen molar-refractivity contribution in [2.24, 2.45) is 0 Å². The van der Waals surface area contributed by atoms with Gasteiger partial charge in [-0.1, -0.05) is 13.8 Å². The summed E-state index contributed by atoms with van der Waals surface area (Å²) in [5.74, 6) is 3.73. The van der Waals surface area contributed by atoms with Crippen LogP contribution in [0.25, 0.3) is 0 Å². The normalized spacial score (nSPS) is 23.3. The number of fused-ring (bicyclic) bond motifs is 2. The van der Waals surface area contributed by atoms with Gasteiger partial charge in [-0.3, -0.25) is 0 Å². The van der Waals surface area contributed by atoms with Crippen molar-refractivity contribution in [3.05, 3.63) is 47.5 Å². The molecular weight excluding hydrogens is 471 g/mol. The molecule has 4 aliphatic rings. The Hall–Kier alpha value is -2.51. The first-order valence-corrected chi connectivity index (χ1v) is 13.9. The molecule has 6 nitrogen and oxygen atoms in total. The summed E-state index contributed by atoms with van der Waals surface area (Å²) in [5.41, 5.74) is 2.45. The lowest BCUT2D eigenvalue weighted by atomic mass is 10.1. The highest BCUT2D eigenvalue weighted by Gasteiger charge is 2.29. The molecule has 4 aliphatic heterocycles. The molecule has 0 saturated carbocycles. The van der Waals surface area contributed by atoms with Gasteiger partial charge in [0.05, 0.1) is 13.2 Å². The lowest BCUT2D eigenvalue weighted by Crippen LogP contribution is -2.45. The second kappa shape index (κ2) is 13.3. The van der Waals surface area contributed by atoms with E-state index in [1.807, 2.05) is 56.1 Å². The highest BCUT2D eigenvalue weighted by Crippen LogP contribution is 2.31. The van der Waals surface area contributed by atoms with Crippen molar-refractivity contribution < 1.29 is 23.3 Å². The molecule has 2 unspecified atom stereocenters. The predicted octanol–water partition coefficient (Wildman–Crippen LogP) is 5.16. The van der Waals surface area contributed by atoms with Crippen LogP contribution in [0.15, 0.2) is 36.4 Å². The van der Waals surface area contributed by atoms with Crippen LogP contribution < -0.4 is 18.9 Å². The summed E-state index contributed by atoms with van der Waals surface area (Å²) in [6.07, 6.45) is 4.08. The van der Waals surface area contributed by atoms with E-state index < -0.39 is 6.17 Å². The lowest BCUT2D eigenvalue weighted by Gasteiger charge is -2.32. The zero-order valence-electron chi connectivity index (χ0n) is 22.9. The molecule has 0 radical (unpaired) electrons. The van der Waals surface area contributed by atoms with E-state index in [9.17, 15) is 4.39 Å². The van der Waals surface area contributed by atoms with Crippen LogP contribution in [0.5, 0.6) is 23.0 Å². The van der Waals surface area contributed by atoms with Crippen LogP contribution in [0.2, 0.25) is 0 Å². The second-order valence-corrected chi connectivity index (χ2v) is 10.1. The third kappa shape index (κ3) is 7.51. The maximum absolute atomic E-state index is 13.9. The highest BCUT2D eigenvalue weighted by atomic mass is 19.1. The van der Waals surface area contributed by atoms with E-state index in [0.29, 0.717) is 12.6 Å². The number of benzene rings is 2. The molecule has 0 spiro atoms. The summed E-state index contributed by atoms with van der Waals surface area (Å²) in [6.45, 7) is 9.17. The molecule has 0 amide bonds. The highest BCUT2D eigenvalue weighted by molar-refractivity contribution is 5.43. The average molecular weight is 515 g/mol. The molecule has 0 aliphatic carbocycles. The summed E-state index contributed by atoms with van der Waals surface area (Å²) in [7, 11) is 4.11. The van der Waals surface area contributed by atoms with Crippen LogP contribution in [-0.2, 0) is 12.8 Å². The minimum Gasteiger partial charge on any atom is -0.493 e. The minimum absolute atomic E-state index is 0.318. The third-order valence-electron chi connectivity index (χ3n) is 7.26. The molecule has 204 valence electrons. The quantitative estimate of drug-likeness (QED) is 0.561. The number of hydrogen-bond acceptors (Lipinski definition) is 6. The molecule has 0 N–H and O–H groups in total. The first-order chi connectivity index (χ1) is 18.0. The van der Waals surface area contributed by atoms with Gasteiger partial charge < -0.3 is 28.7 Å². The van der Waals surface area contributed by atoms with Gasteiger partial charge >= 0.3 is 0 Å². The Balaban J connectivity index is 0.000000162. The molecule has 2 aromatic carbocycles. The number of hydrogen-bond donors (Lipinski definition) is 0. The Morgan fingerprint density at radius 3 is 1.86 bits per heavy atom. The fourth-order valence-corrected chi connectivity index (χ4v) is 5.11. The Morgan fingerprint density at radius 2 is 1.30 bits per heavy atom. The molecular formula is C30H43FN2O4. The van der Waals surface area contributed by atoms with Gasteiger partial charge in [-0.25, -0.2) is 4.39 Å². The Bertz CT molecular complexity index is 996. The SMILES string of the molecule is CC.CN1CCC(Oc2ccc3c(c2)CCO3)C(F)C1.CN1CCC(Oc2ccc3c(c2)CCO3)CC1. The zero-order chi connectivity index (χ0) is 26.2. The van der Waals surface area contributed by atoms with Crippen molar-refractivity contribution in [3.63, 3.8) is 0 Å². The maximum atomic E-state index is 13.9. The number of nitrogens with zero attached hydrogens (tertiary/aromatic N) is 2. The standard InChI is InChI=1S/C14H18FNO2.C14H19NO2.C2H6/c1-16-6-4-14(12(15)9-16)18-11-2-3-13-10(8-11)5-7-17-13;1-15-7-4-12(5-8-15)17-13-2-3-14-11(10-13)6-9-16-14;1-2/h2-3,8,12,14H,4-7,9H2,1H3;2-3,10,12H,4-9H2,1H3;1-2H3. The maximum Gasteiger partial charge on any atom is 0.149 e. The number of alkyl halides is 1. The number of likely N-dealkylation sites (tertiary alicyclic amines) is 2. The molecule has 0 aromatic heterocycles. The van der Waals surface area contributed by atoms with Crippen molar-refractivity contribution in [1.82, 2.24) is 9.80 Å². The molecule has 0 bridgehead atoms. The van der Waals surface area contributed by atoms with Crippen LogP contribution in [-0.4, -0.2) is 81.7 Å². The van der Waals surface area contributed by atoms with E-state index in [0.717, 1.165) is 93.5 Å². The van der Waals surface area contributed by atoms with Crippen LogP contribution in [0.1, 0.15) is 44.2 Å². The molecule has 6 rings (SSSR count). The summed E-state index contributed by atoms with van der Waals surface area (Å²) in [5, 5.41) is 0. The van der Waals surface area contributed by atoms with E-state index in [-0.39, 0.29) is 6.10 Å². The molecule has 4 heterocycles. The van der Waals surface area contributed by atoms with Crippen molar-refractivity contribution in [3.8, 4) is 23.0 Å². The summed E-state index contributed by atoms with van der Waals surface area (Å²) in [6, 6.07) is 12.0. The number of piperidine rings is 2. The summed E-state index contributed by atoms with van der Waals surface area (Å²) < 4.78 is 36.6. The first kappa shape index (κ1) is 27.5. The number of ether oxygens (including phenoxy) is 4. The van der Waals surface area contributed by atoms with Crippen molar-refractivity contribution >= 4 is 0 Å². The van der Waals surface area contributed by atoms with Gasteiger partial charge in [0.15, 0.2) is 0 Å². The summed E-state index contributed by atoms with van der Waals surface area (Å²) >= 11 is 0. The fraction of sp³-hybridized carbons (Fsp3) is 0.600. The summed E-state index contributed by atoms with van der Waals surface area (Å²) in [4.78, 5) is 4.36. The Morgan fingerprint density at radius 1 is 0.757 bits per heavy atom. The monoisotopic (exact) mass is 514 g/mol. The van der Waals surface area contributed by atoms with Crippen molar-refractivity contribution in [1.29, 1.82) is 0 Å². The molecule has 7 heteroatoms. The van der Waals surface area contributed by atoms with Crippen LogP contribution in [0, 0.1) is 0 Å². The molecule has 2 saturated heterocycles. The second-order valence-electron chi connectivity index (χ2n) is 10.1. The number of halogens is 1. The van der Waals surface area contributed by atoms with Gasteiger partial charge in [0.2, 0.25) is 0 Å². The third-order valence-corrected chi connectivity index (χ3v) is 7.26. The lowest BCUT2D eigenvalue weighted by molar-refractivity contribution is 0.0313. The van der Waals surface area contributed by atoms with Crippen molar-refractivity contribution in [2.45, 2.75) is 64.3 Å². The van der Waals surface area contributed by atoms with Crippen LogP contribution >= 0.6 is 0 Å². The van der Waals surface area contributed by atoms with Gasteiger partial charge in [-0.2, -0.15) is 0 Å². The van der Waals surface area contributed by atoms with Gasteiger partial charge in [0.25, 0.3) is 0 Å². The Kier molecular flexibility index (Phi) is 9.92. The van der Waals surface area contributed by atoms with Crippen LogP contribution in [0.4, 0.5) is 4.39 Å². The van der Waals surface area contributed by atoms with Gasteiger partial charge in [0, 0.05) is 50.1 Å². The van der Waals surface area contributed by atoms with Crippen LogP contribution in [0.3, 0.4) is 0 Å². The predicted molar refractivity (Wildman–Crippen MR) is 145 cm³/mol. The minimum atomic E-state index is -0.909. The van der Waals surface area contributed by atoms with E-state index >= 15 is 0 Å². The molecule has 2 atom stereocenters. The van der Waals surface area contributed by atoms with Crippen molar-refractivity contribution in [2.75, 3.05) is 53.5 Å².